The van der Waals surface area contributed by atoms with Crippen LogP contribution in [0.2, 0.25) is 5.02 Å². The van der Waals surface area contributed by atoms with E-state index in [1.54, 1.807) is 0 Å². The molecule has 2 rings (SSSR count). The van der Waals surface area contributed by atoms with Crippen LogP contribution in [0.15, 0.2) is 18.2 Å². The zero-order valence-corrected chi connectivity index (χ0v) is 12.8. The van der Waals surface area contributed by atoms with E-state index in [9.17, 15) is 14.9 Å². The van der Waals surface area contributed by atoms with E-state index in [4.69, 9.17) is 16.3 Å². The molecule has 0 bridgehead atoms. The van der Waals surface area contributed by atoms with E-state index in [2.05, 4.69) is 13.8 Å². The molecule has 0 amide bonds. The summed E-state index contributed by atoms with van der Waals surface area (Å²) in [6, 6.07) is 3.90. The molecular formula is C15H18ClNO4. The summed E-state index contributed by atoms with van der Waals surface area (Å²) in [7, 11) is 0. The first-order valence-electron chi connectivity index (χ1n) is 7.03. The maximum absolute atomic E-state index is 12.2. The molecule has 3 unspecified atom stereocenters. The highest BCUT2D eigenvalue weighted by Gasteiger charge is 2.29. The summed E-state index contributed by atoms with van der Waals surface area (Å²) in [5.74, 6) is 0.419. The number of nitro groups is 1. The van der Waals surface area contributed by atoms with Gasteiger partial charge < -0.3 is 4.74 Å². The predicted octanol–water partition coefficient (Wildman–Crippen LogP) is 4.23. The highest BCUT2D eigenvalue weighted by atomic mass is 35.5. The predicted molar refractivity (Wildman–Crippen MR) is 79.5 cm³/mol. The first-order chi connectivity index (χ1) is 9.88. The molecule has 1 aliphatic rings. The monoisotopic (exact) mass is 311 g/mol. The lowest BCUT2D eigenvalue weighted by Crippen LogP contribution is -2.28. The van der Waals surface area contributed by atoms with Crippen LogP contribution in [0.4, 0.5) is 5.69 Å². The van der Waals surface area contributed by atoms with E-state index in [1.165, 1.54) is 18.2 Å². The number of benzene rings is 1. The smallest absolute Gasteiger partial charge is 0.345 e. The maximum Gasteiger partial charge on any atom is 0.345 e. The van der Waals surface area contributed by atoms with Gasteiger partial charge in [-0.25, -0.2) is 4.79 Å². The molecule has 0 aliphatic heterocycles. The topological polar surface area (TPSA) is 69.4 Å². The van der Waals surface area contributed by atoms with Crippen molar-refractivity contribution >= 4 is 23.3 Å². The van der Waals surface area contributed by atoms with Crippen molar-refractivity contribution in [2.24, 2.45) is 11.8 Å². The van der Waals surface area contributed by atoms with Gasteiger partial charge in [-0.1, -0.05) is 25.4 Å². The van der Waals surface area contributed by atoms with Crippen LogP contribution < -0.4 is 0 Å². The van der Waals surface area contributed by atoms with Crippen LogP contribution in [0.5, 0.6) is 0 Å². The van der Waals surface area contributed by atoms with E-state index in [-0.39, 0.29) is 22.4 Å². The van der Waals surface area contributed by atoms with Crippen LogP contribution in [0.25, 0.3) is 0 Å². The van der Waals surface area contributed by atoms with Crippen molar-refractivity contribution in [1.82, 2.24) is 0 Å². The van der Waals surface area contributed by atoms with Crippen LogP contribution in [-0.4, -0.2) is 17.0 Å². The van der Waals surface area contributed by atoms with E-state index in [0.717, 1.165) is 19.3 Å². The van der Waals surface area contributed by atoms with Crippen molar-refractivity contribution in [1.29, 1.82) is 0 Å². The molecule has 0 aromatic heterocycles. The lowest BCUT2D eigenvalue weighted by atomic mass is 9.80. The molecule has 0 heterocycles. The summed E-state index contributed by atoms with van der Waals surface area (Å²) >= 11 is 5.82. The third-order valence-electron chi connectivity index (χ3n) is 4.20. The molecule has 21 heavy (non-hydrogen) atoms. The zero-order chi connectivity index (χ0) is 15.6. The normalized spacial score (nSPS) is 25.4. The second kappa shape index (κ2) is 6.43. The average Bonchev–Trinajstić information content (AvgIpc) is 2.42. The molecule has 114 valence electrons. The average molecular weight is 312 g/mol. The van der Waals surface area contributed by atoms with Crippen molar-refractivity contribution in [3.8, 4) is 0 Å². The van der Waals surface area contributed by atoms with Gasteiger partial charge in [-0.05, 0) is 43.2 Å². The highest BCUT2D eigenvalue weighted by Crippen LogP contribution is 2.32. The van der Waals surface area contributed by atoms with Crippen molar-refractivity contribution in [3.63, 3.8) is 0 Å². The third-order valence-corrected chi connectivity index (χ3v) is 4.43. The number of esters is 1. The minimum absolute atomic E-state index is 0.0845. The van der Waals surface area contributed by atoms with Gasteiger partial charge in [0, 0.05) is 11.1 Å². The number of nitrogens with zero attached hydrogens (tertiary/aromatic N) is 1. The number of carbonyl (C=O) groups is 1. The second-order valence-electron chi connectivity index (χ2n) is 5.71. The first kappa shape index (κ1) is 15.8. The molecule has 0 saturated heterocycles. The SMILES string of the molecule is CC1CCC(OC(=O)c2cc(Cl)ccc2[N+](=O)[O-])CC1C. The van der Waals surface area contributed by atoms with Gasteiger partial charge in [0.1, 0.15) is 11.7 Å². The van der Waals surface area contributed by atoms with Gasteiger partial charge in [0.25, 0.3) is 5.69 Å². The lowest BCUT2D eigenvalue weighted by molar-refractivity contribution is -0.385. The van der Waals surface area contributed by atoms with Gasteiger partial charge in [-0.3, -0.25) is 10.1 Å². The Morgan fingerprint density at radius 2 is 2.05 bits per heavy atom. The Kier molecular flexibility index (Phi) is 4.83. The number of hydrogen-bond donors (Lipinski definition) is 0. The molecule has 3 atom stereocenters. The molecule has 1 aromatic carbocycles. The summed E-state index contributed by atoms with van der Waals surface area (Å²) in [5, 5.41) is 11.3. The van der Waals surface area contributed by atoms with Gasteiger partial charge in [0.2, 0.25) is 0 Å². The highest BCUT2D eigenvalue weighted by molar-refractivity contribution is 6.31. The largest absolute Gasteiger partial charge is 0.459 e. The standard InChI is InChI=1S/C15H18ClNO4/c1-9-3-5-12(7-10(9)2)21-15(18)13-8-11(16)4-6-14(13)17(19)20/h4,6,8-10,12H,3,5,7H2,1-2H3. The maximum atomic E-state index is 12.2. The summed E-state index contributed by atoms with van der Waals surface area (Å²) in [4.78, 5) is 22.6. The van der Waals surface area contributed by atoms with Crippen molar-refractivity contribution in [2.75, 3.05) is 0 Å². The number of hydrogen-bond acceptors (Lipinski definition) is 4. The Bertz CT molecular complexity index is 561. The molecular weight excluding hydrogens is 294 g/mol. The molecule has 1 aromatic rings. The Morgan fingerprint density at radius 3 is 2.67 bits per heavy atom. The number of nitro benzene ring substituents is 1. The summed E-state index contributed by atoms with van der Waals surface area (Å²) in [6.07, 6.45) is 2.41. The van der Waals surface area contributed by atoms with Gasteiger partial charge >= 0.3 is 5.97 Å². The fourth-order valence-electron chi connectivity index (χ4n) is 2.65. The Hall–Kier alpha value is -1.62. The van der Waals surface area contributed by atoms with Gasteiger partial charge in [0.15, 0.2) is 0 Å². The molecule has 0 radical (unpaired) electrons. The van der Waals surface area contributed by atoms with Crippen LogP contribution in [0.1, 0.15) is 43.5 Å². The number of rotatable bonds is 3. The minimum Gasteiger partial charge on any atom is -0.459 e. The van der Waals surface area contributed by atoms with Crippen LogP contribution in [0.3, 0.4) is 0 Å². The molecule has 1 saturated carbocycles. The van der Waals surface area contributed by atoms with Gasteiger partial charge in [-0.2, -0.15) is 0 Å². The second-order valence-corrected chi connectivity index (χ2v) is 6.15. The molecule has 0 spiro atoms. The van der Waals surface area contributed by atoms with Gasteiger partial charge in [0.05, 0.1) is 4.92 Å². The van der Waals surface area contributed by atoms with Crippen LogP contribution in [-0.2, 0) is 4.74 Å². The Labute approximate surface area is 128 Å². The molecule has 0 N–H and O–H groups in total. The minimum atomic E-state index is -0.670. The lowest BCUT2D eigenvalue weighted by Gasteiger charge is -2.31. The van der Waals surface area contributed by atoms with E-state index < -0.39 is 10.9 Å². The van der Waals surface area contributed by atoms with E-state index in [1.807, 2.05) is 0 Å². The van der Waals surface area contributed by atoms with E-state index >= 15 is 0 Å². The van der Waals surface area contributed by atoms with E-state index in [0.29, 0.717) is 11.8 Å². The van der Waals surface area contributed by atoms with Crippen LogP contribution >= 0.6 is 11.6 Å². The quantitative estimate of drug-likeness (QED) is 0.476. The molecule has 6 heteroatoms. The van der Waals surface area contributed by atoms with Crippen molar-refractivity contribution < 1.29 is 14.5 Å². The molecule has 1 aliphatic carbocycles. The summed E-state index contributed by atoms with van der Waals surface area (Å²) in [6.45, 7) is 4.32. The summed E-state index contributed by atoms with van der Waals surface area (Å²) in [5.41, 5.74) is -0.361. The van der Waals surface area contributed by atoms with Gasteiger partial charge in [-0.15, -0.1) is 0 Å². The van der Waals surface area contributed by atoms with Crippen molar-refractivity contribution in [2.45, 2.75) is 39.2 Å². The summed E-state index contributed by atoms with van der Waals surface area (Å²) < 4.78 is 5.44. The Balaban J connectivity index is 2.13. The molecule has 5 nitrogen and oxygen atoms in total. The number of ether oxygens (including phenoxy) is 1. The van der Waals surface area contributed by atoms with Crippen LogP contribution in [0, 0.1) is 22.0 Å². The fourth-order valence-corrected chi connectivity index (χ4v) is 2.82. The fraction of sp³-hybridized carbons (Fsp3) is 0.533. The first-order valence-corrected chi connectivity index (χ1v) is 7.41. The number of halogens is 1. The molecule has 1 fully saturated rings. The Morgan fingerprint density at radius 1 is 1.33 bits per heavy atom. The third kappa shape index (κ3) is 3.73. The van der Waals surface area contributed by atoms with Crippen molar-refractivity contribution in [3.05, 3.63) is 38.9 Å². The number of carbonyl (C=O) groups excluding carboxylic acids is 1. The zero-order valence-electron chi connectivity index (χ0n) is 12.0.